The minimum atomic E-state index is -5.30. The fraction of sp³-hybridized carbons (Fsp3) is 0.350. The third-order valence-corrected chi connectivity index (χ3v) is 5.20. The summed E-state index contributed by atoms with van der Waals surface area (Å²) in [6.07, 6.45) is 0.229. The molecule has 0 bridgehead atoms. The van der Waals surface area contributed by atoms with Gasteiger partial charge in [-0.3, -0.25) is 4.79 Å². The van der Waals surface area contributed by atoms with Crippen molar-refractivity contribution in [3.63, 3.8) is 0 Å². The molecule has 0 N–H and O–H groups in total. The van der Waals surface area contributed by atoms with E-state index in [1.165, 1.54) is 40.6 Å². The van der Waals surface area contributed by atoms with Crippen molar-refractivity contribution in [2.75, 3.05) is 35.0 Å². The average molecular weight is 452 g/mol. The third-order valence-electron chi connectivity index (χ3n) is 4.78. The number of hydrogen-bond donors (Lipinski definition) is 0. The Balaban J connectivity index is 1.92. The maximum absolute atomic E-state index is 13.1. The van der Waals surface area contributed by atoms with Gasteiger partial charge in [0, 0.05) is 11.6 Å². The van der Waals surface area contributed by atoms with Crippen LogP contribution in [0.15, 0.2) is 24.3 Å². The molecule has 1 aliphatic rings. The Kier molecular flexibility index (Phi) is 6.64. The number of ketones is 1. The highest BCUT2D eigenvalue weighted by Gasteiger charge is 2.30. The van der Waals surface area contributed by atoms with E-state index >= 15 is 0 Å². The molecule has 2 aromatic rings. The first-order chi connectivity index (χ1) is 14.7. The number of phosphoric acid groups is 1. The lowest BCUT2D eigenvalue weighted by molar-refractivity contribution is -0.333. The molecule has 1 heterocycles. The zero-order chi connectivity index (χ0) is 22.8. The van der Waals surface area contributed by atoms with Crippen molar-refractivity contribution in [2.24, 2.45) is 5.92 Å². The second kappa shape index (κ2) is 9.05. The Morgan fingerprint density at radius 1 is 0.935 bits per heavy atom. The zero-order valence-corrected chi connectivity index (χ0v) is 18.2. The van der Waals surface area contributed by atoms with E-state index in [-0.39, 0.29) is 30.3 Å². The molecule has 0 fully saturated rings. The first-order valence-electron chi connectivity index (χ1n) is 9.10. The Morgan fingerprint density at radius 2 is 1.55 bits per heavy atom. The molecule has 3 rings (SSSR count). The van der Waals surface area contributed by atoms with Gasteiger partial charge in [0.2, 0.25) is 5.75 Å². The average Bonchev–Trinajstić information content (AvgIpc) is 2.75. The predicted molar refractivity (Wildman–Crippen MR) is 104 cm³/mol. The highest BCUT2D eigenvalue weighted by Crippen LogP contribution is 2.43. The summed E-state index contributed by atoms with van der Waals surface area (Å²) in [5.41, 5.74) is 0.835. The van der Waals surface area contributed by atoms with Gasteiger partial charge in [0.25, 0.3) is 0 Å². The Morgan fingerprint density at radius 3 is 2.06 bits per heavy atom. The summed E-state index contributed by atoms with van der Waals surface area (Å²) in [5, 5.41) is 0. The number of phosphoric ester groups is 1. The van der Waals surface area contributed by atoms with E-state index < -0.39 is 13.7 Å². The zero-order valence-electron chi connectivity index (χ0n) is 17.3. The van der Waals surface area contributed by atoms with Crippen molar-refractivity contribution < 1.29 is 47.4 Å². The molecule has 31 heavy (non-hydrogen) atoms. The number of carbonyl (C=O) groups is 1. The molecule has 1 atom stereocenters. The first kappa shape index (κ1) is 22.7. The van der Waals surface area contributed by atoms with Gasteiger partial charge in [-0.15, -0.1) is 0 Å². The van der Waals surface area contributed by atoms with Gasteiger partial charge in [0.1, 0.15) is 13.6 Å². The molecule has 0 amide bonds. The number of benzene rings is 2. The first-order valence-corrected chi connectivity index (χ1v) is 10.6. The van der Waals surface area contributed by atoms with Gasteiger partial charge in [-0.2, -0.15) is 0 Å². The van der Waals surface area contributed by atoms with Crippen LogP contribution in [0.2, 0.25) is 0 Å². The van der Waals surface area contributed by atoms with Crippen molar-refractivity contribution in [1.29, 1.82) is 0 Å². The van der Waals surface area contributed by atoms with E-state index in [1.807, 2.05) is 0 Å². The maximum Gasteiger partial charge on any atom is 0.203 e. The van der Waals surface area contributed by atoms with Crippen LogP contribution in [0.25, 0.3) is 0 Å². The van der Waals surface area contributed by atoms with Crippen molar-refractivity contribution >= 4 is 13.6 Å². The molecule has 0 radical (unpaired) electrons. The molecule has 10 nitrogen and oxygen atoms in total. The van der Waals surface area contributed by atoms with Crippen molar-refractivity contribution in [3.8, 4) is 34.5 Å². The summed E-state index contributed by atoms with van der Waals surface area (Å²) < 4.78 is 42.2. The number of ether oxygens (including phenoxy) is 5. The summed E-state index contributed by atoms with van der Waals surface area (Å²) in [5.74, 6) is 0.391. The molecule has 1 unspecified atom stereocenters. The van der Waals surface area contributed by atoms with E-state index in [0.29, 0.717) is 34.1 Å². The van der Waals surface area contributed by atoms with Crippen LogP contribution in [0.4, 0.5) is 0 Å². The molecule has 168 valence electrons. The smallest absolute Gasteiger partial charge is 0.203 e. The second-order valence-electron chi connectivity index (χ2n) is 6.64. The molecule has 0 aliphatic carbocycles. The van der Waals surface area contributed by atoms with Crippen LogP contribution in [-0.4, -0.2) is 40.8 Å². The SMILES string of the molecule is COc1cc2c(cc1OP(=O)([O-])[O-])CC(C(=O)c1cc(OC)c(OC)c(OC)c1)CO2. The summed E-state index contributed by atoms with van der Waals surface area (Å²) >= 11 is 0. The summed E-state index contributed by atoms with van der Waals surface area (Å²) in [4.78, 5) is 35.2. The van der Waals surface area contributed by atoms with Crippen LogP contribution in [0, 0.1) is 5.92 Å². The number of hydrogen-bond acceptors (Lipinski definition) is 10. The molecule has 0 saturated heterocycles. The number of Topliss-reactive ketones (excluding diaryl/α,β-unsaturated/α-hetero) is 1. The van der Waals surface area contributed by atoms with E-state index in [1.54, 1.807) is 12.1 Å². The van der Waals surface area contributed by atoms with Gasteiger partial charge in [0.05, 0.1) is 41.0 Å². The van der Waals surface area contributed by atoms with Gasteiger partial charge in [0.15, 0.2) is 28.8 Å². The molecule has 1 aliphatic heterocycles. The summed E-state index contributed by atoms with van der Waals surface area (Å²) in [7, 11) is 0.363. The predicted octanol–water partition coefficient (Wildman–Crippen LogP) is 1.36. The monoisotopic (exact) mass is 452 g/mol. The van der Waals surface area contributed by atoms with E-state index in [2.05, 4.69) is 4.52 Å². The topological polar surface area (TPSA) is 136 Å². The Bertz CT molecular complexity index is 1000. The van der Waals surface area contributed by atoms with Crippen molar-refractivity contribution in [3.05, 3.63) is 35.4 Å². The minimum absolute atomic E-state index is 0.0279. The molecule has 0 saturated carbocycles. The fourth-order valence-electron chi connectivity index (χ4n) is 3.37. The second-order valence-corrected chi connectivity index (χ2v) is 7.72. The largest absolute Gasteiger partial charge is 0.780 e. The van der Waals surface area contributed by atoms with Gasteiger partial charge in [-0.25, -0.2) is 0 Å². The third kappa shape index (κ3) is 4.87. The molecule has 0 aromatic heterocycles. The van der Waals surface area contributed by atoms with Crippen LogP contribution < -0.4 is 38.0 Å². The van der Waals surface area contributed by atoms with Crippen molar-refractivity contribution in [2.45, 2.75) is 6.42 Å². The van der Waals surface area contributed by atoms with Crippen LogP contribution in [0.5, 0.6) is 34.5 Å². The lowest BCUT2D eigenvalue weighted by Gasteiger charge is -2.31. The van der Waals surface area contributed by atoms with Crippen LogP contribution >= 0.6 is 7.82 Å². The summed E-state index contributed by atoms with van der Waals surface area (Å²) in [6, 6.07) is 5.84. The fourth-order valence-corrected chi connectivity index (χ4v) is 3.75. The quantitative estimate of drug-likeness (QED) is 0.427. The van der Waals surface area contributed by atoms with E-state index in [4.69, 9.17) is 23.7 Å². The Labute approximate surface area is 178 Å². The van der Waals surface area contributed by atoms with Gasteiger partial charge in [-0.1, -0.05) is 0 Å². The maximum atomic E-state index is 13.1. The number of rotatable bonds is 8. The number of carbonyl (C=O) groups excluding carboxylic acids is 1. The highest BCUT2D eigenvalue weighted by molar-refractivity contribution is 7.43. The molecular weight excluding hydrogens is 431 g/mol. The van der Waals surface area contributed by atoms with Crippen LogP contribution in [0.3, 0.4) is 0 Å². The van der Waals surface area contributed by atoms with Gasteiger partial charge < -0.3 is 42.6 Å². The van der Waals surface area contributed by atoms with Crippen LogP contribution in [-0.2, 0) is 11.0 Å². The van der Waals surface area contributed by atoms with Crippen molar-refractivity contribution in [1.82, 2.24) is 0 Å². The standard InChI is InChI=1S/C20H23O10P/c1-25-15-9-14-11(6-16(15)30-31(22,23)24)5-13(10-29-14)19(21)12-7-17(26-2)20(28-4)18(8-12)27-3/h6-9,13H,5,10H2,1-4H3,(H2,22,23,24)/p-2. The van der Waals surface area contributed by atoms with Crippen LogP contribution in [0.1, 0.15) is 15.9 Å². The Hall–Kier alpha value is -2.94. The minimum Gasteiger partial charge on any atom is -0.780 e. The molecule has 2 aromatic carbocycles. The highest BCUT2D eigenvalue weighted by atomic mass is 31.2. The molecule has 0 spiro atoms. The van der Waals surface area contributed by atoms with E-state index in [0.717, 1.165) is 0 Å². The number of fused-ring (bicyclic) bond motifs is 1. The molecular formula is C20H21O10P-2. The lowest BCUT2D eigenvalue weighted by Crippen LogP contribution is -2.28. The molecule has 11 heteroatoms. The lowest BCUT2D eigenvalue weighted by atomic mass is 9.89. The summed E-state index contributed by atoms with van der Waals surface area (Å²) in [6.45, 7) is 0.0907. The number of methoxy groups -OCH3 is 4. The normalized spacial score (nSPS) is 15.4. The van der Waals surface area contributed by atoms with Gasteiger partial charge >= 0.3 is 0 Å². The van der Waals surface area contributed by atoms with Gasteiger partial charge in [-0.05, 0) is 30.2 Å². The van der Waals surface area contributed by atoms with E-state index in [9.17, 15) is 19.1 Å².